The van der Waals surface area contributed by atoms with Crippen molar-refractivity contribution in [2.45, 2.75) is 154 Å². The van der Waals surface area contributed by atoms with Gasteiger partial charge in [-0.05, 0) is 32.1 Å². The van der Waals surface area contributed by atoms with Crippen LogP contribution in [-0.4, -0.2) is 68.5 Å². The average Bonchev–Trinajstić information content (AvgIpc) is 2.95. The number of likely N-dealkylation sites (N-methyl/N-ethyl adjacent to an activating group) is 1. The van der Waals surface area contributed by atoms with Crippen LogP contribution >= 0.6 is 7.82 Å². The van der Waals surface area contributed by atoms with Crippen molar-refractivity contribution in [1.29, 1.82) is 0 Å². The van der Waals surface area contributed by atoms with Crippen molar-refractivity contribution in [1.82, 2.24) is 5.32 Å². The Labute approximate surface area is 271 Å². The number of allylic oxidation sites excluding steroid dienone is 3. The third-order valence-electron chi connectivity index (χ3n) is 7.66. The van der Waals surface area contributed by atoms with Crippen LogP contribution in [0.5, 0.6) is 0 Å². The third-order valence-corrected chi connectivity index (χ3v) is 8.63. The van der Waals surface area contributed by atoms with E-state index in [1.54, 1.807) is 6.08 Å². The summed E-state index contributed by atoms with van der Waals surface area (Å²) in [7, 11) is 1.24. The van der Waals surface area contributed by atoms with Crippen molar-refractivity contribution in [3.63, 3.8) is 0 Å². The van der Waals surface area contributed by atoms with Gasteiger partial charge in [-0.15, -0.1) is 0 Å². The quantitative estimate of drug-likeness (QED) is 0.0343. The van der Waals surface area contributed by atoms with E-state index in [-0.39, 0.29) is 12.5 Å². The minimum Gasteiger partial charge on any atom is -0.756 e. The van der Waals surface area contributed by atoms with E-state index in [2.05, 4.69) is 31.3 Å². The van der Waals surface area contributed by atoms with Crippen LogP contribution in [0.25, 0.3) is 0 Å². The average molecular weight is 645 g/mol. The minimum absolute atomic E-state index is 0.00519. The van der Waals surface area contributed by atoms with Gasteiger partial charge in [-0.25, -0.2) is 0 Å². The Morgan fingerprint density at radius 3 is 1.84 bits per heavy atom. The number of quaternary nitrogens is 1. The van der Waals surface area contributed by atoms with Crippen LogP contribution in [0.3, 0.4) is 0 Å². The summed E-state index contributed by atoms with van der Waals surface area (Å²) in [5.41, 5.74) is 0. The number of unbranched alkanes of at least 4 members (excludes halogenated alkanes) is 16. The van der Waals surface area contributed by atoms with Crippen LogP contribution in [0.15, 0.2) is 24.3 Å². The van der Waals surface area contributed by atoms with Crippen LogP contribution < -0.4 is 10.2 Å². The van der Waals surface area contributed by atoms with Gasteiger partial charge in [0.25, 0.3) is 7.82 Å². The highest BCUT2D eigenvalue weighted by Gasteiger charge is 2.23. The van der Waals surface area contributed by atoms with E-state index in [0.29, 0.717) is 17.4 Å². The summed E-state index contributed by atoms with van der Waals surface area (Å²) in [6, 6.07) is -0.894. The van der Waals surface area contributed by atoms with Gasteiger partial charge in [0.2, 0.25) is 5.91 Å². The molecule has 0 rings (SSSR count). The lowest BCUT2D eigenvalue weighted by atomic mass is 10.0. The number of phosphoric ester groups is 1. The Morgan fingerprint density at radius 1 is 0.773 bits per heavy atom. The van der Waals surface area contributed by atoms with E-state index in [1.165, 1.54) is 83.5 Å². The van der Waals surface area contributed by atoms with Crippen molar-refractivity contribution in [3.8, 4) is 0 Å². The zero-order chi connectivity index (χ0) is 32.9. The Bertz CT molecular complexity index is 784. The number of carbonyl (C=O) groups excluding carboxylic acids is 1. The smallest absolute Gasteiger partial charge is 0.268 e. The molecule has 44 heavy (non-hydrogen) atoms. The van der Waals surface area contributed by atoms with Gasteiger partial charge in [0.1, 0.15) is 13.2 Å². The molecule has 0 aliphatic heterocycles. The molecule has 3 atom stereocenters. The maximum atomic E-state index is 12.7. The molecule has 8 nitrogen and oxygen atoms in total. The Hall–Kier alpha value is -1.02. The van der Waals surface area contributed by atoms with Crippen molar-refractivity contribution in [2.24, 2.45) is 0 Å². The molecule has 0 aromatic carbocycles. The predicted molar refractivity (Wildman–Crippen MR) is 182 cm³/mol. The molecule has 0 fully saturated rings. The second kappa shape index (κ2) is 28.2. The van der Waals surface area contributed by atoms with Crippen LogP contribution in [0.4, 0.5) is 0 Å². The molecule has 0 aliphatic carbocycles. The SMILES string of the molecule is CCCCC/C=C/CC/C=C/[C@@H](O)[C@H](COP(=O)([O-])OCC[N+](C)(C)C)NC(=O)CCCCCCCCCCCCCCC. The fourth-order valence-electron chi connectivity index (χ4n) is 4.75. The number of carbonyl (C=O) groups is 1. The number of rotatable bonds is 31. The molecule has 9 heteroatoms. The summed E-state index contributed by atoms with van der Waals surface area (Å²) in [5, 5.41) is 13.6. The summed E-state index contributed by atoms with van der Waals surface area (Å²) in [5.74, 6) is -0.212. The lowest BCUT2D eigenvalue weighted by molar-refractivity contribution is -0.870. The first-order valence-corrected chi connectivity index (χ1v) is 19.2. The van der Waals surface area contributed by atoms with Gasteiger partial charge in [0, 0.05) is 6.42 Å². The van der Waals surface area contributed by atoms with E-state index < -0.39 is 26.6 Å². The molecule has 0 bridgehead atoms. The number of aliphatic hydroxyl groups excluding tert-OH is 1. The van der Waals surface area contributed by atoms with Crippen molar-refractivity contribution in [2.75, 3.05) is 40.9 Å². The molecular formula is C35H69N2O6P. The molecule has 0 saturated carbocycles. The van der Waals surface area contributed by atoms with E-state index in [1.807, 2.05) is 27.2 Å². The molecule has 2 N–H and O–H groups in total. The molecule has 0 heterocycles. The molecule has 1 unspecified atom stereocenters. The molecule has 260 valence electrons. The normalized spacial score (nSPS) is 15.2. The topological polar surface area (TPSA) is 108 Å². The first kappa shape index (κ1) is 43.0. The third kappa shape index (κ3) is 29.7. The van der Waals surface area contributed by atoms with Gasteiger partial charge in [0.05, 0.1) is 39.9 Å². The molecule has 0 aromatic rings. The molecule has 0 radical (unpaired) electrons. The maximum Gasteiger partial charge on any atom is 0.268 e. The largest absolute Gasteiger partial charge is 0.756 e. The van der Waals surface area contributed by atoms with Crippen molar-refractivity contribution >= 4 is 13.7 Å². The number of hydrogen-bond acceptors (Lipinski definition) is 6. The summed E-state index contributed by atoms with van der Waals surface area (Å²) in [6.07, 6.45) is 29.4. The van der Waals surface area contributed by atoms with Crippen LogP contribution in [0.2, 0.25) is 0 Å². The lowest BCUT2D eigenvalue weighted by Gasteiger charge is -2.29. The number of hydrogen-bond donors (Lipinski definition) is 2. The van der Waals surface area contributed by atoms with Gasteiger partial charge < -0.3 is 28.8 Å². The Kier molecular flexibility index (Phi) is 27.6. The van der Waals surface area contributed by atoms with Gasteiger partial charge in [-0.1, -0.05) is 128 Å². The van der Waals surface area contributed by atoms with E-state index >= 15 is 0 Å². The Balaban J connectivity index is 4.57. The number of nitrogens with one attached hydrogen (secondary N) is 1. The van der Waals surface area contributed by atoms with Gasteiger partial charge >= 0.3 is 0 Å². The summed E-state index contributed by atoms with van der Waals surface area (Å²) in [6.45, 7) is 4.54. The maximum absolute atomic E-state index is 12.7. The second-order valence-electron chi connectivity index (χ2n) is 13.2. The number of phosphoric acid groups is 1. The second-order valence-corrected chi connectivity index (χ2v) is 14.6. The molecule has 0 saturated heterocycles. The first-order chi connectivity index (χ1) is 21.0. The highest BCUT2D eigenvalue weighted by molar-refractivity contribution is 7.45. The van der Waals surface area contributed by atoms with Crippen LogP contribution in [-0.2, 0) is 18.4 Å². The summed E-state index contributed by atoms with van der Waals surface area (Å²) in [4.78, 5) is 25.0. The molecule has 1 amide bonds. The molecule has 0 spiro atoms. The highest BCUT2D eigenvalue weighted by Crippen LogP contribution is 2.38. The monoisotopic (exact) mass is 644 g/mol. The van der Waals surface area contributed by atoms with Crippen molar-refractivity contribution in [3.05, 3.63) is 24.3 Å². The number of nitrogens with zero attached hydrogens (tertiary/aromatic N) is 1. The van der Waals surface area contributed by atoms with Gasteiger partial charge in [-0.3, -0.25) is 9.36 Å². The van der Waals surface area contributed by atoms with E-state index in [9.17, 15) is 19.4 Å². The fourth-order valence-corrected chi connectivity index (χ4v) is 5.48. The van der Waals surface area contributed by atoms with Gasteiger partial charge in [0.15, 0.2) is 0 Å². The molecule has 0 aromatic heterocycles. The fraction of sp³-hybridized carbons (Fsp3) is 0.857. The summed E-state index contributed by atoms with van der Waals surface area (Å²) < 4.78 is 23.0. The Morgan fingerprint density at radius 2 is 1.27 bits per heavy atom. The molecular weight excluding hydrogens is 575 g/mol. The predicted octanol–water partition coefficient (Wildman–Crippen LogP) is 7.99. The number of aliphatic hydroxyl groups is 1. The van der Waals surface area contributed by atoms with Crippen LogP contribution in [0, 0.1) is 0 Å². The highest BCUT2D eigenvalue weighted by atomic mass is 31.2. The minimum atomic E-state index is -4.57. The summed E-state index contributed by atoms with van der Waals surface area (Å²) >= 11 is 0. The standard InChI is InChI=1S/C35H69N2O6P/c1-6-8-10-12-14-16-17-18-19-21-23-25-27-29-35(39)36-33(32-43-44(40,41)42-31-30-37(3,4)5)34(38)28-26-24-22-20-15-13-11-9-7-2/h15,20,26,28,33-34,38H,6-14,16-19,21-25,27,29-32H2,1-5H3,(H-,36,39,40,41)/b20-15+,28-26+/t33-,34+/m0/s1. The van der Waals surface area contributed by atoms with Gasteiger partial charge in [-0.2, -0.15) is 0 Å². The van der Waals surface area contributed by atoms with Crippen LogP contribution in [0.1, 0.15) is 142 Å². The van der Waals surface area contributed by atoms with E-state index in [4.69, 9.17) is 9.05 Å². The number of amides is 1. The zero-order valence-corrected chi connectivity index (χ0v) is 30.0. The lowest BCUT2D eigenvalue weighted by Crippen LogP contribution is -2.45. The first-order valence-electron chi connectivity index (χ1n) is 17.7. The zero-order valence-electron chi connectivity index (χ0n) is 29.1. The van der Waals surface area contributed by atoms with Crippen molar-refractivity contribution < 1.29 is 32.9 Å². The van der Waals surface area contributed by atoms with E-state index in [0.717, 1.165) is 38.5 Å². The molecule has 0 aliphatic rings.